The van der Waals surface area contributed by atoms with Crippen LogP contribution in [0.3, 0.4) is 0 Å². The van der Waals surface area contributed by atoms with Gasteiger partial charge in [-0.05, 0) is 30.5 Å². The lowest BCUT2D eigenvalue weighted by atomic mass is 9.77. The summed E-state index contributed by atoms with van der Waals surface area (Å²) < 4.78 is 2.38. The Bertz CT molecular complexity index is 623. The Balaban J connectivity index is 1.58. The molecule has 1 N–H and O–H groups in total. The van der Waals surface area contributed by atoms with E-state index >= 15 is 0 Å². The highest BCUT2D eigenvalue weighted by Crippen LogP contribution is 2.37. The van der Waals surface area contributed by atoms with Gasteiger partial charge in [0, 0.05) is 36.3 Å². The molecule has 104 valence electrons. The van der Waals surface area contributed by atoms with E-state index < -0.39 is 0 Å². The monoisotopic (exact) mass is 267 g/mol. The molecule has 2 unspecified atom stereocenters. The topological polar surface area (TPSA) is 29.9 Å². The Morgan fingerprint density at radius 1 is 1.40 bits per heavy atom. The first-order valence-corrected chi connectivity index (χ1v) is 7.55. The molecule has 1 saturated heterocycles. The fourth-order valence-corrected chi connectivity index (χ4v) is 3.77. The average Bonchev–Trinajstić information content (AvgIpc) is 3.06. The van der Waals surface area contributed by atoms with Crippen LogP contribution in [0, 0.1) is 0 Å². The zero-order valence-electron chi connectivity index (χ0n) is 12.0. The van der Waals surface area contributed by atoms with Crippen molar-refractivity contribution in [2.45, 2.75) is 37.6 Å². The summed E-state index contributed by atoms with van der Waals surface area (Å²) in [6.07, 6.45) is 6.50. The molecule has 4 rings (SSSR count). The molecule has 0 radical (unpaired) electrons. The van der Waals surface area contributed by atoms with Crippen molar-refractivity contribution in [3.8, 4) is 0 Å². The number of rotatable bonds is 3. The predicted octanol–water partition coefficient (Wildman–Crippen LogP) is 2.47. The molecule has 0 spiro atoms. The van der Waals surface area contributed by atoms with E-state index in [0.717, 1.165) is 19.6 Å². The fraction of sp³-hybridized carbons (Fsp3) is 0.471. The molecule has 0 amide bonds. The summed E-state index contributed by atoms with van der Waals surface area (Å²) in [5.74, 6) is 0.664. The second kappa shape index (κ2) is 4.45. The Morgan fingerprint density at radius 2 is 2.30 bits per heavy atom. The molecule has 1 aromatic heterocycles. The third-order valence-corrected chi connectivity index (χ3v) is 5.08. The van der Waals surface area contributed by atoms with E-state index in [0.29, 0.717) is 5.92 Å². The van der Waals surface area contributed by atoms with Gasteiger partial charge in [-0.3, -0.25) is 0 Å². The lowest BCUT2D eigenvalue weighted by Gasteiger charge is -2.32. The lowest BCUT2D eigenvalue weighted by molar-refractivity contribution is 0.437. The van der Waals surface area contributed by atoms with Crippen LogP contribution < -0.4 is 5.32 Å². The fourth-order valence-electron chi connectivity index (χ4n) is 3.77. The van der Waals surface area contributed by atoms with Gasteiger partial charge in [0.05, 0.1) is 6.33 Å². The van der Waals surface area contributed by atoms with Crippen molar-refractivity contribution < 1.29 is 0 Å². The van der Waals surface area contributed by atoms with Gasteiger partial charge in [-0.2, -0.15) is 0 Å². The third kappa shape index (κ3) is 1.80. The summed E-state index contributed by atoms with van der Waals surface area (Å²) in [7, 11) is 0. The first kappa shape index (κ1) is 12.2. The molecule has 2 heterocycles. The normalized spacial score (nSPS) is 28.1. The average molecular weight is 267 g/mol. The maximum atomic E-state index is 4.41. The maximum absolute atomic E-state index is 4.41. The first-order valence-electron chi connectivity index (χ1n) is 7.55. The van der Waals surface area contributed by atoms with Crippen LogP contribution in [0.1, 0.15) is 36.1 Å². The van der Waals surface area contributed by atoms with E-state index in [1.54, 1.807) is 0 Å². The van der Waals surface area contributed by atoms with Crippen molar-refractivity contribution in [1.29, 1.82) is 0 Å². The van der Waals surface area contributed by atoms with Gasteiger partial charge in [0.25, 0.3) is 0 Å². The molecule has 0 bridgehead atoms. The summed E-state index contributed by atoms with van der Waals surface area (Å²) in [6, 6.07) is 8.83. The number of aromatic nitrogens is 2. The molecule has 1 fully saturated rings. The molecular formula is C17H21N3. The molecule has 2 atom stereocenters. The van der Waals surface area contributed by atoms with Crippen molar-refractivity contribution in [3.05, 3.63) is 53.6 Å². The van der Waals surface area contributed by atoms with Crippen molar-refractivity contribution in [2.75, 3.05) is 13.1 Å². The smallest absolute Gasteiger partial charge is 0.0948 e. The van der Waals surface area contributed by atoms with Crippen LogP contribution in [0.25, 0.3) is 0 Å². The summed E-state index contributed by atoms with van der Waals surface area (Å²) in [5.41, 5.74) is 4.70. The number of nitrogens with one attached hydrogen (secondary N) is 1. The Hall–Kier alpha value is -1.61. The first-order chi connectivity index (χ1) is 9.76. The molecule has 1 aromatic carbocycles. The largest absolute Gasteiger partial charge is 0.333 e. The van der Waals surface area contributed by atoms with Crippen LogP contribution in [0.5, 0.6) is 0 Å². The summed E-state index contributed by atoms with van der Waals surface area (Å²) in [6.45, 7) is 5.62. The number of nitrogens with zero attached hydrogens (tertiary/aromatic N) is 2. The minimum absolute atomic E-state index is 0.250. The van der Waals surface area contributed by atoms with Crippen molar-refractivity contribution in [2.24, 2.45) is 0 Å². The number of benzene rings is 1. The maximum Gasteiger partial charge on any atom is 0.0948 e. The van der Waals surface area contributed by atoms with Gasteiger partial charge in [0.15, 0.2) is 0 Å². The molecule has 2 aliphatic rings. The standard InChI is InChI=1S/C17H21N3/c1-17(6-7-18-11-17)16-9-19-12-20(16)10-14-8-13-4-2-3-5-15(13)14/h2-5,9,12,14,18H,6-8,10-11H2,1H3. The van der Waals surface area contributed by atoms with Crippen LogP contribution in [0.2, 0.25) is 0 Å². The molecule has 0 saturated carbocycles. The Labute approximate surface area is 120 Å². The van der Waals surface area contributed by atoms with Gasteiger partial charge in [-0.15, -0.1) is 0 Å². The molecule has 2 aromatic rings. The van der Waals surface area contributed by atoms with Crippen LogP contribution in [0.4, 0.5) is 0 Å². The van der Waals surface area contributed by atoms with Crippen molar-refractivity contribution >= 4 is 0 Å². The molecule has 3 heteroatoms. The van der Waals surface area contributed by atoms with Gasteiger partial charge in [-0.1, -0.05) is 31.2 Å². The van der Waals surface area contributed by atoms with E-state index in [9.17, 15) is 0 Å². The van der Waals surface area contributed by atoms with Crippen LogP contribution in [-0.2, 0) is 18.4 Å². The zero-order chi connectivity index (χ0) is 13.6. The lowest BCUT2D eigenvalue weighted by Crippen LogP contribution is -2.30. The third-order valence-electron chi connectivity index (χ3n) is 5.08. The molecular weight excluding hydrogens is 246 g/mol. The molecule has 3 nitrogen and oxygen atoms in total. The van der Waals surface area contributed by atoms with E-state index in [1.807, 2.05) is 6.33 Å². The van der Waals surface area contributed by atoms with E-state index in [-0.39, 0.29) is 5.41 Å². The van der Waals surface area contributed by atoms with Crippen LogP contribution in [0.15, 0.2) is 36.8 Å². The van der Waals surface area contributed by atoms with Crippen LogP contribution >= 0.6 is 0 Å². The number of hydrogen-bond acceptors (Lipinski definition) is 2. The minimum atomic E-state index is 0.250. The SMILES string of the molecule is CC1(c2cncn2CC2Cc3ccccc32)CCNC1. The van der Waals surface area contributed by atoms with Crippen molar-refractivity contribution in [1.82, 2.24) is 14.9 Å². The predicted molar refractivity (Wildman–Crippen MR) is 80.0 cm³/mol. The highest BCUT2D eigenvalue weighted by molar-refractivity contribution is 5.39. The Morgan fingerprint density at radius 3 is 3.10 bits per heavy atom. The van der Waals surface area contributed by atoms with Gasteiger partial charge >= 0.3 is 0 Å². The molecule has 1 aliphatic heterocycles. The summed E-state index contributed by atoms with van der Waals surface area (Å²) in [4.78, 5) is 4.41. The second-order valence-electron chi connectivity index (χ2n) is 6.52. The zero-order valence-corrected chi connectivity index (χ0v) is 12.0. The van der Waals surface area contributed by atoms with Crippen molar-refractivity contribution in [3.63, 3.8) is 0 Å². The number of imidazole rings is 1. The number of fused-ring (bicyclic) bond motifs is 1. The van der Waals surface area contributed by atoms with Gasteiger partial charge in [0.1, 0.15) is 0 Å². The molecule has 20 heavy (non-hydrogen) atoms. The second-order valence-corrected chi connectivity index (χ2v) is 6.52. The Kier molecular flexibility index (Phi) is 2.71. The van der Waals surface area contributed by atoms with E-state index in [2.05, 4.69) is 52.3 Å². The number of hydrogen-bond donors (Lipinski definition) is 1. The van der Waals surface area contributed by atoms with Gasteiger partial charge in [0.2, 0.25) is 0 Å². The highest BCUT2D eigenvalue weighted by Gasteiger charge is 2.34. The van der Waals surface area contributed by atoms with Crippen LogP contribution in [-0.4, -0.2) is 22.6 Å². The summed E-state index contributed by atoms with van der Waals surface area (Å²) >= 11 is 0. The van der Waals surface area contributed by atoms with E-state index in [1.165, 1.54) is 29.7 Å². The highest BCUT2D eigenvalue weighted by atomic mass is 15.1. The molecule has 1 aliphatic carbocycles. The minimum Gasteiger partial charge on any atom is -0.333 e. The van der Waals surface area contributed by atoms with Gasteiger partial charge in [-0.25, -0.2) is 4.98 Å². The van der Waals surface area contributed by atoms with Gasteiger partial charge < -0.3 is 9.88 Å². The quantitative estimate of drug-likeness (QED) is 0.926. The van der Waals surface area contributed by atoms with E-state index in [4.69, 9.17) is 0 Å². The summed E-state index contributed by atoms with van der Waals surface area (Å²) in [5, 5.41) is 3.48.